The highest BCUT2D eigenvalue weighted by molar-refractivity contribution is 5.36. The quantitative estimate of drug-likeness (QED) is 0.795. The first-order valence-electron chi connectivity index (χ1n) is 8.55. The molecule has 0 saturated carbocycles. The van der Waals surface area contributed by atoms with Crippen molar-refractivity contribution < 1.29 is 9.26 Å². The Kier molecular flexibility index (Phi) is 5.64. The Morgan fingerprint density at radius 2 is 2.12 bits per heavy atom. The normalized spacial score (nSPS) is 17.2. The number of benzene rings is 1. The van der Waals surface area contributed by atoms with Crippen LogP contribution < -0.4 is 4.74 Å². The second-order valence-corrected chi connectivity index (χ2v) is 6.22. The van der Waals surface area contributed by atoms with Gasteiger partial charge in [0.2, 0.25) is 5.89 Å². The fourth-order valence-electron chi connectivity index (χ4n) is 2.96. The van der Waals surface area contributed by atoms with Gasteiger partial charge in [-0.15, -0.1) is 0 Å². The maximum Gasteiger partial charge on any atom is 0.243 e. The van der Waals surface area contributed by atoms with E-state index < -0.39 is 0 Å². The highest BCUT2D eigenvalue weighted by Gasteiger charge is 2.25. The Labute approximate surface area is 147 Å². The van der Waals surface area contributed by atoms with Gasteiger partial charge >= 0.3 is 0 Å². The van der Waals surface area contributed by atoms with Crippen LogP contribution in [0.5, 0.6) is 5.75 Å². The summed E-state index contributed by atoms with van der Waals surface area (Å²) >= 11 is 0. The molecule has 0 amide bonds. The van der Waals surface area contributed by atoms with Gasteiger partial charge in [0.05, 0.1) is 17.7 Å². The molecule has 0 N–H and O–H groups in total. The van der Waals surface area contributed by atoms with Crippen LogP contribution in [0.1, 0.15) is 30.2 Å². The molecule has 0 bridgehead atoms. The first-order chi connectivity index (χ1) is 12.2. The van der Waals surface area contributed by atoms with Crippen LogP contribution in [0, 0.1) is 18.3 Å². The maximum atomic E-state index is 8.91. The Morgan fingerprint density at radius 1 is 1.32 bits per heavy atom. The summed E-state index contributed by atoms with van der Waals surface area (Å²) in [5, 5.41) is 12.8. The zero-order valence-electron chi connectivity index (χ0n) is 14.7. The van der Waals surface area contributed by atoms with Crippen LogP contribution in [0.15, 0.2) is 28.8 Å². The van der Waals surface area contributed by atoms with Crippen LogP contribution in [0.2, 0.25) is 0 Å². The smallest absolute Gasteiger partial charge is 0.243 e. The molecule has 1 atom stereocenters. The molecule has 1 saturated heterocycles. The molecule has 1 aliphatic heterocycles. The van der Waals surface area contributed by atoms with Crippen LogP contribution in [0.25, 0.3) is 0 Å². The summed E-state index contributed by atoms with van der Waals surface area (Å²) in [4.78, 5) is 9.07. The second-order valence-electron chi connectivity index (χ2n) is 6.22. The summed E-state index contributed by atoms with van der Waals surface area (Å²) in [5.74, 6) is 2.11. The zero-order chi connectivity index (χ0) is 17.6. The number of rotatable bonds is 6. The third-order valence-electron chi connectivity index (χ3n) is 4.49. The van der Waals surface area contributed by atoms with Gasteiger partial charge in [-0.3, -0.25) is 9.80 Å². The van der Waals surface area contributed by atoms with Crippen molar-refractivity contribution in [2.24, 2.45) is 0 Å². The highest BCUT2D eigenvalue weighted by atomic mass is 16.5. The molecule has 132 valence electrons. The number of aromatic nitrogens is 2. The van der Waals surface area contributed by atoms with Crippen molar-refractivity contribution >= 4 is 0 Å². The monoisotopic (exact) mass is 341 g/mol. The first kappa shape index (κ1) is 17.4. The fraction of sp³-hybridized carbons (Fsp3) is 0.500. The van der Waals surface area contributed by atoms with E-state index in [9.17, 15) is 0 Å². The Morgan fingerprint density at radius 3 is 2.80 bits per heavy atom. The van der Waals surface area contributed by atoms with Gasteiger partial charge < -0.3 is 9.26 Å². The van der Waals surface area contributed by atoms with Crippen LogP contribution >= 0.6 is 0 Å². The van der Waals surface area contributed by atoms with Crippen molar-refractivity contribution in [3.05, 3.63) is 41.5 Å². The predicted octanol–water partition coefficient (Wildman–Crippen LogP) is 2.01. The van der Waals surface area contributed by atoms with Gasteiger partial charge in [-0.25, -0.2) is 0 Å². The topological polar surface area (TPSA) is 78.4 Å². The molecule has 0 radical (unpaired) electrons. The van der Waals surface area contributed by atoms with E-state index in [-0.39, 0.29) is 6.04 Å². The molecule has 25 heavy (non-hydrogen) atoms. The van der Waals surface area contributed by atoms with Gasteiger partial charge in [0, 0.05) is 32.7 Å². The number of aryl methyl sites for hydroxylation is 1. The van der Waals surface area contributed by atoms with Crippen molar-refractivity contribution in [1.29, 1.82) is 5.26 Å². The minimum atomic E-state index is 0.147. The predicted molar refractivity (Wildman–Crippen MR) is 92.1 cm³/mol. The molecule has 0 unspecified atom stereocenters. The van der Waals surface area contributed by atoms with E-state index in [0.29, 0.717) is 23.9 Å². The molecule has 7 heteroatoms. The van der Waals surface area contributed by atoms with Gasteiger partial charge in [0.15, 0.2) is 5.82 Å². The molecule has 1 aromatic carbocycles. The lowest BCUT2D eigenvalue weighted by Gasteiger charge is -2.36. The van der Waals surface area contributed by atoms with Crippen molar-refractivity contribution in [2.75, 3.05) is 39.3 Å². The number of nitriles is 1. The van der Waals surface area contributed by atoms with Gasteiger partial charge in [0.1, 0.15) is 12.4 Å². The largest absolute Gasteiger partial charge is 0.492 e. The third-order valence-corrected chi connectivity index (χ3v) is 4.49. The molecule has 2 aromatic rings. The molecular formula is C18H23N5O2. The van der Waals surface area contributed by atoms with E-state index in [1.807, 2.05) is 19.1 Å². The Balaban J connectivity index is 1.41. The van der Waals surface area contributed by atoms with Crippen LogP contribution in [0.4, 0.5) is 0 Å². The zero-order valence-corrected chi connectivity index (χ0v) is 14.7. The molecule has 0 spiro atoms. The SMILES string of the molecule is Cc1noc([C@@H](C)N2CCN(CCOc3cccc(C#N)c3)CC2)n1. The molecule has 7 nitrogen and oxygen atoms in total. The van der Waals surface area contributed by atoms with Crippen LogP contribution in [-0.2, 0) is 0 Å². The number of ether oxygens (including phenoxy) is 1. The van der Waals surface area contributed by atoms with E-state index >= 15 is 0 Å². The summed E-state index contributed by atoms with van der Waals surface area (Å²) in [5.41, 5.74) is 0.622. The number of hydrogen-bond acceptors (Lipinski definition) is 7. The highest BCUT2D eigenvalue weighted by Crippen LogP contribution is 2.20. The lowest BCUT2D eigenvalue weighted by molar-refractivity contribution is 0.0800. The number of nitrogens with zero attached hydrogens (tertiary/aromatic N) is 5. The minimum absolute atomic E-state index is 0.147. The van der Waals surface area contributed by atoms with Crippen LogP contribution in [-0.4, -0.2) is 59.3 Å². The summed E-state index contributed by atoms with van der Waals surface area (Å²) in [6.45, 7) is 9.33. The van der Waals surface area contributed by atoms with Gasteiger partial charge in [-0.05, 0) is 32.0 Å². The van der Waals surface area contributed by atoms with Crippen molar-refractivity contribution in [1.82, 2.24) is 19.9 Å². The van der Waals surface area contributed by atoms with Gasteiger partial charge in [-0.2, -0.15) is 10.2 Å². The van der Waals surface area contributed by atoms with E-state index in [1.165, 1.54) is 0 Å². The van der Waals surface area contributed by atoms with Crippen molar-refractivity contribution in [3.8, 4) is 11.8 Å². The number of piperazine rings is 1. The average molecular weight is 341 g/mol. The Bertz CT molecular complexity index is 731. The number of hydrogen-bond donors (Lipinski definition) is 0. The molecule has 0 aliphatic carbocycles. The average Bonchev–Trinajstić information content (AvgIpc) is 3.08. The van der Waals surface area contributed by atoms with Crippen LogP contribution in [0.3, 0.4) is 0 Å². The van der Waals surface area contributed by atoms with E-state index in [0.717, 1.165) is 38.5 Å². The molecular weight excluding hydrogens is 318 g/mol. The van der Waals surface area contributed by atoms with E-state index in [1.54, 1.807) is 12.1 Å². The molecule has 2 heterocycles. The lowest BCUT2D eigenvalue weighted by Crippen LogP contribution is -2.48. The van der Waals surface area contributed by atoms with E-state index in [4.69, 9.17) is 14.5 Å². The van der Waals surface area contributed by atoms with E-state index in [2.05, 4.69) is 32.9 Å². The lowest BCUT2D eigenvalue weighted by atomic mass is 10.2. The summed E-state index contributed by atoms with van der Waals surface area (Å²) in [6.07, 6.45) is 0. The molecule has 1 fully saturated rings. The molecule has 1 aromatic heterocycles. The van der Waals surface area contributed by atoms with Crippen molar-refractivity contribution in [3.63, 3.8) is 0 Å². The molecule has 3 rings (SSSR count). The molecule has 1 aliphatic rings. The standard InChI is InChI=1S/C18H23N5O2/c1-14(18-20-15(2)21-25-18)23-8-6-22(7-9-23)10-11-24-17-5-3-4-16(12-17)13-19/h3-5,12,14H,6-11H2,1-2H3/t14-/m1/s1. The third kappa shape index (κ3) is 4.56. The Hall–Kier alpha value is -2.43. The van der Waals surface area contributed by atoms with Crippen molar-refractivity contribution in [2.45, 2.75) is 19.9 Å². The summed E-state index contributed by atoms with van der Waals surface area (Å²) in [7, 11) is 0. The maximum absolute atomic E-state index is 8.91. The first-order valence-corrected chi connectivity index (χ1v) is 8.55. The van der Waals surface area contributed by atoms with Gasteiger partial charge in [-0.1, -0.05) is 11.2 Å². The summed E-state index contributed by atoms with van der Waals surface area (Å²) in [6, 6.07) is 9.54. The minimum Gasteiger partial charge on any atom is -0.492 e. The summed E-state index contributed by atoms with van der Waals surface area (Å²) < 4.78 is 11.0. The van der Waals surface area contributed by atoms with Gasteiger partial charge in [0.25, 0.3) is 0 Å². The fourth-order valence-corrected chi connectivity index (χ4v) is 2.96. The second kappa shape index (κ2) is 8.10.